The van der Waals surface area contributed by atoms with Gasteiger partial charge in [0.15, 0.2) is 0 Å². The van der Waals surface area contributed by atoms with Gasteiger partial charge in [-0.1, -0.05) is 34.1 Å². The molecule has 6 heteroatoms. The van der Waals surface area contributed by atoms with Crippen LogP contribution in [0.3, 0.4) is 0 Å². The van der Waals surface area contributed by atoms with Gasteiger partial charge in [0.05, 0.1) is 17.5 Å². The predicted molar refractivity (Wildman–Crippen MR) is 90.1 cm³/mol. The predicted octanol–water partition coefficient (Wildman–Crippen LogP) is 3.78. The lowest BCUT2D eigenvalue weighted by Gasteiger charge is -2.08. The van der Waals surface area contributed by atoms with Gasteiger partial charge < -0.3 is 4.74 Å². The second-order valence-electron chi connectivity index (χ2n) is 4.78. The molecule has 0 fully saturated rings. The van der Waals surface area contributed by atoms with Crippen LogP contribution in [0.15, 0.2) is 59.6 Å². The van der Waals surface area contributed by atoms with Crippen LogP contribution in [-0.2, 0) is 15.4 Å². The van der Waals surface area contributed by atoms with Crippen molar-refractivity contribution < 1.29 is 13.2 Å². The SMILES string of the molecule is COc1ccc2c(CBr)cn(S(=O)(=O)c3ccccc3)c2c1. The molecule has 2 aromatic carbocycles. The van der Waals surface area contributed by atoms with Crippen LogP contribution in [0, 0.1) is 0 Å². The first-order valence-electron chi connectivity index (χ1n) is 6.62. The molecule has 114 valence electrons. The van der Waals surface area contributed by atoms with E-state index in [9.17, 15) is 8.42 Å². The lowest BCUT2D eigenvalue weighted by molar-refractivity contribution is 0.415. The molecule has 0 atom stereocenters. The minimum absolute atomic E-state index is 0.260. The van der Waals surface area contributed by atoms with Crippen molar-refractivity contribution in [3.63, 3.8) is 0 Å². The smallest absolute Gasteiger partial charge is 0.268 e. The number of methoxy groups -OCH3 is 1. The van der Waals surface area contributed by atoms with Crippen molar-refractivity contribution >= 4 is 36.9 Å². The van der Waals surface area contributed by atoms with Gasteiger partial charge in [-0.25, -0.2) is 12.4 Å². The summed E-state index contributed by atoms with van der Waals surface area (Å²) in [6.07, 6.45) is 1.65. The summed E-state index contributed by atoms with van der Waals surface area (Å²) < 4.78 is 32.3. The molecule has 0 saturated heterocycles. The summed E-state index contributed by atoms with van der Waals surface area (Å²) in [4.78, 5) is 0.260. The maximum atomic E-state index is 12.9. The Kier molecular flexibility index (Phi) is 3.97. The maximum Gasteiger partial charge on any atom is 0.268 e. The van der Waals surface area contributed by atoms with E-state index in [-0.39, 0.29) is 4.90 Å². The van der Waals surface area contributed by atoms with Gasteiger partial charge in [-0.2, -0.15) is 0 Å². The number of hydrogen-bond acceptors (Lipinski definition) is 3. The van der Waals surface area contributed by atoms with E-state index in [1.54, 1.807) is 49.7 Å². The Labute approximate surface area is 137 Å². The van der Waals surface area contributed by atoms with Gasteiger partial charge in [-0.05, 0) is 29.8 Å². The summed E-state index contributed by atoms with van der Waals surface area (Å²) in [6.45, 7) is 0. The third kappa shape index (κ3) is 2.42. The van der Waals surface area contributed by atoms with Crippen LogP contribution in [-0.4, -0.2) is 19.5 Å². The average molecular weight is 380 g/mol. The zero-order valence-electron chi connectivity index (χ0n) is 11.9. The zero-order chi connectivity index (χ0) is 15.7. The highest BCUT2D eigenvalue weighted by Crippen LogP contribution is 2.30. The van der Waals surface area contributed by atoms with Gasteiger partial charge in [0.25, 0.3) is 10.0 Å². The molecule has 0 aliphatic carbocycles. The fourth-order valence-corrected chi connectivity index (χ4v) is 4.24. The van der Waals surface area contributed by atoms with Gasteiger partial charge >= 0.3 is 0 Å². The molecule has 0 N–H and O–H groups in total. The van der Waals surface area contributed by atoms with E-state index in [1.807, 2.05) is 12.1 Å². The highest BCUT2D eigenvalue weighted by molar-refractivity contribution is 9.08. The largest absolute Gasteiger partial charge is 0.497 e. The van der Waals surface area contributed by atoms with E-state index >= 15 is 0 Å². The van der Waals surface area contributed by atoms with Crippen LogP contribution in [0.5, 0.6) is 5.75 Å². The number of fused-ring (bicyclic) bond motifs is 1. The van der Waals surface area contributed by atoms with Crippen molar-refractivity contribution in [1.29, 1.82) is 0 Å². The van der Waals surface area contributed by atoms with E-state index in [4.69, 9.17) is 4.74 Å². The van der Waals surface area contributed by atoms with Crippen LogP contribution in [0.2, 0.25) is 0 Å². The molecule has 1 aromatic heterocycles. The van der Waals surface area contributed by atoms with E-state index < -0.39 is 10.0 Å². The molecule has 0 bridgehead atoms. The highest BCUT2D eigenvalue weighted by atomic mass is 79.9. The third-order valence-corrected chi connectivity index (χ3v) is 5.80. The second-order valence-corrected chi connectivity index (χ2v) is 7.16. The maximum absolute atomic E-state index is 12.9. The first-order chi connectivity index (χ1) is 10.6. The Morgan fingerprint density at radius 2 is 1.86 bits per heavy atom. The number of aromatic nitrogens is 1. The molecule has 4 nitrogen and oxygen atoms in total. The molecular formula is C16H14BrNO3S. The van der Waals surface area contributed by atoms with Crippen LogP contribution < -0.4 is 4.74 Å². The summed E-state index contributed by atoms with van der Waals surface area (Å²) in [5.74, 6) is 0.622. The van der Waals surface area contributed by atoms with Crippen LogP contribution >= 0.6 is 15.9 Å². The summed E-state index contributed by atoms with van der Waals surface area (Å²) in [7, 11) is -2.08. The number of rotatable bonds is 4. The van der Waals surface area contributed by atoms with Gasteiger partial charge in [-0.3, -0.25) is 0 Å². The molecule has 1 heterocycles. The lowest BCUT2D eigenvalue weighted by atomic mass is 10.2. The lowest BCUT2D eigenvalue weighted by Crippen LogP contribution is -2.11. The van der Waals surface area contributed by atoms with Crippen molar-refractivity contribution in [3.8, 4) is 5.75 Å². The third-order valence-electron chi connectivity index (χ3n) is 3.51. The number of halogens is 1. The average Bonchev–Trinajstić information content (AvgIpc) is 2.94. The fraction of sp³-hybridized carbons (Fsp3) is 0.125. The Hall–Kier alpha value is -1.79. The summed E-state index contributed by atoms with van der Waals surface area (Å²) in [6, 6.07) is 13.8. The van der Waals surface area contributed by atoms with Crippen LogP contribution in [0.1, 0.15) is 5.56 Å². The minimum Gasteiger partial charge on any atom is -0.497 e. The number of ether oxygens (including phenoxy) is 1. The molecule has 0 amide bonds. The first-order valence-corrected chi connectivity index (χ1v) is 9.18. The van der Waals surface area contributed by atoms with Crippen molar-refractivity contribution in [2.24, 2.45) is 0 Å². The Bertz CT molecular complexity index is 917. The molecule has 3 aromatic rings. The van der Waals surface area contributed by atoms with Gasteiger partial charge in [-0.15, -0.1) is 0 Å². The number of nitrogens with zero attached hydrogens (tertiary/aromatic N) is 1. The van der Waals surface area contributed by atoms with E-state index in [0.717, 1.165) is 10.9 Å². The quantitative estimate of drug-likeness (QED) is 0.648. The molecular weight excluding hydrogens is 366 g/mol. The molecule has 22 heavy (non-hydrogen) atoms. The topological polar surface area (TPSA) is 48.3 Å². The molecule has 0 aliphatic rings. The Morgan fingerprint density at radius 3 is 2.50 bits per heavy atom. The monoisotopic (exact) mass is 379 g/mol. The Balaban J connectivity index is 2.31. The first kappa shape index (κ1) is 15.1. The van der Waals surface area contributed by atoms with E-state index in [1.165, 1.54) is 3.97 Å². The molecule has 0 radical (unpaired) electrons. The molecule has 3 rings (SSSR count). The van der Waals surface area contributed by atoms with Gasteiger partial charge in [0, 0.05) is 23.0 Å². The molecule has 0 aliphatic heterocycles. The summed E-state index contributed by atoms with van der Waals surface area (Å²) in [5, 5.41) is 1.46. The van der Waals surface area contributed by atoms with Gasteiger partial charge in [0.2, 0.25) is 0 Å². The number of alkyl halides is 1. The molecule has 0 saturated carbocycles. The summed E-state index contributed by atoms with van der Waals surface area (Å²) in [5.41, 5.74) is 1.52. The minimum atomic E-state index is -3.64. The van der Waals surface area contributed by atoms with Crippen molar-refractivity contribution in [2.45, 2.75) is 10.2 Å². The number of hydrogen-bond donors (Lipinski definition) is 0. The Morgan fingerprint density at radius 1 is 1.14 bits per heavy atom. The van der Waals surface area contributed by atoms with Crippen LogP contribution in [0.25, 0.3) is 10.9 Å². The standard InChI is InChI=1S/C16H14BrNO3S/c1-21-13-7-8-15-12(10-17)11-18(16(15)9-13)22(19,20)14-5-3-2-4-6-14/h2-9,11H,10H2,1H3. The zero-order valence-corrected chi connectivity index (χ0v) is 14.3. The number of benzene rings is 2. The molecule has 0 unspecified atom stereocenters. The highest BCUT2D eigenvalue weighted by Gasteiger charge is 2.21. The normalized spacial score (nSPS) is 11.7. The second kappa shape index (κ2) is 5.78. The van der Waals surface area contributed by atoms with Crippen LogP contribution in [0.4, 0.5) is 0 Å². The van der Waals surface area contributed by atoms with E-state index in [0.29, 0.717) is 16.6 Å². The summed E-state index contributed by atoms with van der Waals surface area (Å²) >= 11 is 3.41. The van der Waals surface area contributed by atoms with Crippen molar-refractivity contribution in [1.82, 2.24) is 3.97 Å². The van der Waals surface area contributed by atoms with Crippen molar-refractivity contribution in [3.05, 3.63) is 60.3 Å². The molecule has 0 spiro atoms. The van der Waals surface area contributed by atoms with Crippen molar-refractivity contribution in [2.75, 3.05) is 7.11 Å². The fourth-order valence-electron chi connectivity index (χ4n) is 2.38. The van der Waals surface area contributed by atoms with Gasteiger partial charge in [0.1, 0.15) is 5.75 Å². The van der Waals surface area contributed by atoms with E-state index in [2.05, 4.69) is 15.9 Å².